The van der Waals surface area contributed by atoms with E-state index in [1.807, 2.05) is 0 Å². The van der Waals surface area contributed by atoms with Gasteiger partial charge in [0.15, 0.2) is 0 Å². The van der Waals surface area contributed by atoms with Crippen LogP contribution in [0, 0.1) is 0 Å². The highest BCUT2D eigenvalue weighted by atomic mass is 28.5. The van der Waals surface area contributed by atoms with Gasteiger partial charge in [0.1, 0.15) is 0 Å². The van der Waals surface area contributed by atoms with E-state index in [2.05, 4.69) is 6.58 Å². The highest BCUT2D eigenvalue weighted by molar-refractivity contribution is 6.82. The summed E-state index contributed by atoms with van der Waals surface area (Å²) in [7, 11) is -16.2. The van der Waals surface area contributed by atoms with Crippen molar-refractivity contribution in [1.29, 1.82) is 0 Å². The maximum Gasteiger partial charge on any atom is 0.672 e. The minimum absolute atomic E-state index is 0.00189. The van der Waals surface area contributed by atoms with Crippen LogP contribution in [0.15, 0.2) is 12.2 Å². The molecule has 0 aliphatic carbocycles. The lowest BCUT2D eigenvalue weighted by atomic mass is 10.4. The summed E-state index contributed by atoms with van der Waals surface area (Å²) in [5.41, 5.74) is 0.272. The maximum absolute atomic E-state index is 12.2. The van der Waals surface area contributed by atoms with Crippen molar-refractivity contribution in [1.82, 2.24) is 0 Å². The van der Waals surface area contributed by atoms with Crippen LogP contribution < -0.4 is 0 Å². The van der Waals surface area contributed by atoms with Gasteiger partial charge in [-0.15, -0.1) is 0 Å². The van der Waals surface area contributed by atoms with Gasteiger partial charge in [-0.25, -0.2) is 4.79 Å². The summed E-state index contributed by atoms with van der Waals surface area (Å²) in [6.07, 6.45) is 0.226. The van der Waals surface area contributed by atoms with Crippen molar-refractivity contribution in [3.63, 3.8) is 0 Å². The fourth-order valence-electron chi connectivity index (χ4n) is 3.59. The molecule has 18 heteroatoms. The molecule has 0 bridgehead atoms. The van der Waals surface area contributed by atoms with Crippen LogP contribution in [-0.4, -0.2) is 108 Å². The predicted molar refractivity (Wildman–Crippen MR) is 166 cm³/mol. The van der Waals surface area contributed by atoms with E-state index >= 15 is 0 Å². The number of esters is 1. The van der Waals surface area contributed by atoms with Crippen LogP contribution in [0.3, 0.4) is 0 Å². The molecule has 0 fully saturated rings. The second kappa shape index (κ2) is 23.0. The number of carbonyl (C=O) groups is 1. The van der Waals surface area contributed by atoms with Gasteiger partial charge in [-0.3, -0.25) is 0 Å². The lowest BCUT2D eigenvalue weighted by molar-refractivity contribution is -0.139. The van der Waals surface area contributed by atoms with E-state index in [1.165, 1.54) is 0 Å². The molecule has 0 saturated carbocycles. The Morgan fingerprint density at radius 3 is 0.977 bits per heavy atom. The molecule has 0 aromatic rings. The first-order valence-corrected chi connectivity index (χ1v) is 22.0. The zero-order chi connectivity index (χ0) is 32.8. The summed E-state index contributed by atoms with van der Waals surface area (Å²) in [6, 6.07) is 0.0440. The van der Waals surface area contributed by atoms with Crippen LogP contribution in [-0.2, 0) is 61.7 Å². The topological polar surface area (TPSA) is 137 Å². The molecule has 0 aromatic carbocycles. The third kappa shape index (κ3) is 15.2. The van der Waals surface area contributed by atoms with Crippen LogP contribution in [0.2, 0.25) is 6.04 Å². The summed E-state index contributed by atoms with van der Waals surface area (Å²) in [5, 5.41) is 0. The Kier molecular flexibility index (Phi) is 22.8. The molecule has 0 saturated heterocycles. The summed E-state index contributed by atoms with van der Waals surface area (Å²) in [4.78, 5) is 12.2. The minimum atomic E-state index is -4.29. The molecule has 14 nitrogen and oxygen atoms in total. The molecular weight excluding hydrogens is 637 g/mol. The first-order valence-electron chi connectivity index (χ1n) is 15.2. The molecule has 0 radical (unpaired) electrons. The highest BCUT2D eigenvalue weighted by Crippen LogP contribution is 2.33. The molecule has 0 amide bonds. The second-order valence-electron chi connectivity index (χ2n) is 8.41. The Hall–Kier alpha value is -0.402. The Morgan fingerprint density at radius 2 is 0.767 bits per heavy atom. The number of rotatable bonds is 29. The molecule has 256 valence electrons. The molecule has 0 aromatic heterocycles. The summed E-state index contributed by atoms with van der Waals surface area (Å²) >= 11 is 0. The van der Waals surface area contributed by atoms with Crippen LogP contribution in [0.4, 0.5) is 0 Å². The van der Waals surface area contributed by atoms with Crippen molar-refractivity contribution in [3.8, 4) is 0 Å². The van der Waals surface area contributed by atoms with Crippen LogP contribution >= 0.6 is 0 Å². The van der Waals surface area contributed by atoms with Gasteiger partial charge in [0.25, 0.3) is 0 Å². The lowest BCUT2D eigenvalue weighted by Gasteiger charge is -2.43. The predicted octanol–water partition coefficient (Wildman–Crippen LogP) is 4.12. The number of carbonyl (C=O) groups excluding carboxylic acids is 1. The summed E-state index contributed by atoms with van der Waals surface area (Å²) in [6.45, 7) is 23.3. The second-order valence-corrected chi connectivity index (χ2v) is 18.3. The first-order chi connectivity index (χ1) is 20.5. The number of hydrogen-bond acceptors (Lipinski definition) is 14. The van der Waals surface area contributed by atoms with Crippen molar-refractivity contribution in [3.05, 3.63) is 12.2 Å². The van der Waals surface area contributed by atoms with E-state index in [0.29, 0.717) is 0 Å². The smallest absolute Gasteiger partial charge is 0.462 e. The van der Waals surface area contributed by atoms with E-state index in [9.17, 15) is 4.79 Å². The number of ether oxygens (including phenoxy) is 1. The molecule has 0 N–H and O–H groups in total. The van der Waals surface area contributed by atoms with Crippen molar-refractivity contribution < 1.29 is 61.7 Å². The van der Waals surface area contributed by atoms with Crippen molar-refractivity contribution in [2.45, 2.75) is 81.7 Å². The van der Waals surface area contributed by atoms with Crippen molar-refractivity contribution in [2.24, 2.45) is 0 Å². The standard InChI is InChI=1S/C25H56O14Si4/c1-12-28-41(29-13-2,30-14-3)37-40(23-21-22-27-25(26)24(10)11,38-42(31-15-4,32-16-5)33-17-6)39-43(34-18-7,35-19-8)36-20-9/h10,12-23H2,1-9,11H3. The molecule has 0 aliphatic rings. The third-order valence-corrected chi connectivity index (χ3v) is 18.4. The zero-order valence-corrected chi connectivity index (χ0v) is 31.9. The van der Waals surface area contributed by atoms with E-state index in [1.54, 1.807) is 69.2 Å². The third-order valence-electron chi connectivity index (χ3n) is 4.94. The monoisotopic (exact) mass is 692 g/mol. The van der Waals surface area contributed by atoms with E-state index in [-0.39, 0.29) is 84.1 Å². The van der Waals surface area contributed by atoms with Crippen LogP contribution in [0.1, 0.15) is 75.7 Å². The normalized spacial score (nSPS) is 13.0. The van der Waals surface area contributed by atoms with E-state index in [0.717, 1.165) is 0 Å². The molecule has 0 spiro atoms. The highest BCUT2D eigenvalue weighted by Gasteiger charge is 2.67. The summed E-state index contributed by atoms with van der Waals surface area (Å²) in [5.74, 6) is -0.528. The van der Waals surface area contributed by atoms with Crippen LogP contribution in [0.25, 0.3) is 0 Å². The van der Waals surface area contributed by atoms with E-state index < -0.39 is 41.9 Å². The quantitative estimate of drug-likeness (QED) is 0.0481. The van der Waals surface area contributed by atoms with Crippen molar-refractivity contribution in [2.75, 3.05) is 66.1 Å². The molecule has 0 unspecified atom stereocenters. The van der Waals surface area contributed by atoms with Gasteiger partial charge in [-0.2, -0.15) is 0 Å². The average Bonchev–Trinajstić information content (AvgIpc) is 2.92. The maximum atomic E-state index is 12.2. The first kappa shape index (κ1) is 42.6. The van der Waals surface area contributed by atoms with Gasteiger partial charge in [0, 0.05) is 71.1 Å². The molecule has 0 rings (SSSR count). The Morgan fingerprint density at radius 1 is 0.512 bits per heavy atom. The molecular formula is C25H56O14Si4. The largest absolute Gasteiger partial charge is 0.672 e. The van der Waals surface area contributed by atoms with Gasteiger partial charge in [0.2, 0.25) is 0 Å². The SMILES string of the molecule is C=C(C)C(=O)OCCC[Si](O[Si](OCC)(OCC)OCC)(O[Si](OCC)(OCC)OCC)O[Si](OCC)(OCC)OCC. The van der Waals surface area contributed by atoms with Gasteiger partial charge in [-0.05, 0) is 75.7 Å². The molecule has 0 heterocycles. The van der Waals surface area contributed by atoms with Crippen LogP contribution in [0.5, 0.6) is 0 Å². The molecule has 43 heavy (non-hydrogen) atoms. The zero-order valence-electron chi connectivity index (χ0n) is 27.9. The minimum Gasteiger partial charge on any atom is -0.462 e. The summed E-state index contributed by atoms with van der Waals surface area (Å²) < 4.78 is 80.4. The molecule has 0 aliphatic heterocycles. The van der Waals surface area contributed by atoms with Gasteiger partial charge in [-0.1, -0.05) is 6.58 Å². The Bertz CT molecular complexity index is 643. The lowest BCUT2D eigenvalue weighted by Crippen LogP contribution is -2.70. The van der Waals surface area contributed by atoms with Gasteiger partial charge in [0.05, 0.1) is 6.61 Å². The number of hydrogen-bond donors (Lipinski definition) is 0. The van der Waals surface area contributed by atoms with Gasteiger partial charge >= 0.3 is 41.9 Å². The van der Waals surface area contributed by atoms with Crippen molar-refractivity contribution >= 4 is 41.9 Å². The van der Waals surface area contributed by atoms with Gasteiger partial charge < -0.3 is 56.9 Å². The average molecular weight is 693 g/mol. The van der Waals surface area contributed by atoms with E-state index in [4.69, 9.17) is 56.9 Å². The molecule has 0 atom stereocenters. The fraction of sp³-hybridized carbons (Fsp3) is 0.880. The fourth-order valence-corrected chi connectivity index (χ4v) is 17.6. The Labute approximate surface area is 263 Å². The Balaban J connectivity index is 7.36.